The summed E-state index contributed by atoms with van der Waals surface area (Å²) in [5, 5.41) is 18.6. The van der Waals surface area contributed by atoms with Crippen molar-refractivity contribution in [2.45, 2.75) is 33.1 Å². The summed E-state index contributed by atoms with van der Waals surface area (Å²) in [7, 11) is 0. The molecule has 1 rings (SSSR count). The van der Waals surface area contributed by atoms with Gasteiger partial charge in [-0.25, -0.2) is 9.59 Å². The fraction of sp³-hybridized carbons (Fsp3) is 0.429. The van der Waals surface area contributed by atoms with E-state index in [-0.39, 0.29) is 22.4 Å². The van der Waals surface area contributed by atoms with Crippen molar-refractivity contribution in [2.24, 2.45) is 0 Å². The van der Waals surface area contributed by atoms with Crippen LogP contribution in [0.15, 0.2) is 12.1 Å². The average molecular weight is 266 g/mol. The molecule has 5 nitrogen and oxygen atoms in total. The average Bonchev–Trinajstić information content (AvgIpc) is 2.26. The summed E-state index contributed by atoms with van der Waals surface area (Å²) in [4.78, 5) is 22.7. The Hall–Kier alpha value is -2.04. The minimum absolute atomic E-state index is 0.00615. The molecule has 2 N–H and O–H groups in total. The minimum Gasteiger partial charge on any atom is -0.493 e. The number of benzene rings is 1. The molecule has 0 fully saturated rings. The standard InChI is InChI=1S/C14H18O5/c1-5-19-9-7-6-8(12(15)16)11(14(2,3)4)10(9)13(17)18/h6-7H,5H2,1-4H3,(H,15,16)(H,17,18). The van der Waals surface area contributed by atoms with Gasteiger partial charge in [0.25, 0.3) is 0 Å². The van der Waals surface area contributed by atoms with Gasteiger partial charge in [-0.05, 0) is 30.0 Å². The quantitative estimate of drug-likeness (QED) is 0.875. The topological polar surface area (TPSA) is 83.8 Å². The number of carboxylic acid groups (broad SMARTS) is 2. The maximum Gasteiger partial charge on any atom is 0.339 e. The summed E-state index contributed by atoms with van der Waals surface area (Å²) >= 11 is 0. The van der Waals surface area contributed by atoms with Crippen molar-refractivity contribution in [3.05, 3.63) is 28.8 Å². The molecule has 0 aliphatic rings. The second-order valence-electron chi connectivity index (χ2n) is 5.15. The summed E-state index contributed by atoms with van der Waals surface area (Å²) in [5.41, 5.74) is -0.421. The third-order valence-corrected chi connectivity index (χ3v) is 2.66. The normalized spacial score (nSPS) is 11.2. The fourth-order valence-corrected chi connectivity index (χ4v) is 2.03. The molecular weight excluding hydrogens is 248 g/mol. The van der Waals surface area contributed by atoms with Gasteiger partial charge in [-0.15, -0.1) is 0 Å². The van der Waals surface area contributed by atoms with Crippen LogP contribution in [0.25, 0.3) is 0 Å². The Labute approximate surface area is 111 Å². The van der Waals surface area contributed by atoms with Crippen LogP contribution in [0.4, 0.5) is 0 Å². The Morgan fingerprint density at radius 3 is 2.11 bits per heavy atom. The molecule has 0 amide bonds. The van der Waals surface area contributed by atoms with Crippen molar-refractivity contribution >= 4 is 11.9 Å². The van der Waals surface area contributed by atoms with Gasteiger partial charge < -0.3 is 14.9 Å². The van der Waals surface area contributed by atoms with E-state index < -0.39 is 17.4 Å². The maximum atomic E-state index is 11.5. The lowest BCUT2D eigenvalue weighted by Crippen LogP contribution is -2.22. The zero-order valence-corrected chi connectivity index (χ0v) is 11.5. The minimum atomic E-state index is -1.18. The van der Waals surface area contributed by atoms with Gasteiger partial charge >= 0.3 is 11.9 Å². The first-order valence-electron chi connectivity index (χ1n) is 5.97. The van der Waals surface area contributed by atoms with E-state index in [1.54, 1.807) is 27.7 Å². The molecule has 0 aliphatic carbocycles. The van der Waals surface area contributed by atoms with E-state index in [0.717, 1.165) is 0 Å². The van der Waals surface area contributed by atoms with E-state index in [2.05, 4.69) is 0 Å². The lowest BCUT2D eigenvalue weighted by atomic mass is 9.80. The Kier molecular flexibility index (Phi) is 4.19. The molecule has 0 bridgehead atoms. The van der Waals surface area contributed by atoms with Crippen molar-refractivity contribution in [2.75, 3.05) is 6.61 Å². The molecule has 1 aromatic carbocycles. The van der Waals surface area contributed by atoms with Crippen LogP contribution in [0.5, 0.6) is 5.75 Å². The zero-order chi connectivity index (χ0) is 14.8. The second-order valence-corrected chi connectivity index (χ2v) is 5.15. The van der Waals surface area contributed by atoms with Gasteiger partial charge in [0.2, 0.25) is 0 Å². The highest BCUT2D eigenvalue weighted by atomic mass is 16.5. The molecule has 0 atom stereocenters. The van der Waals surface area contributed by atoms with E-state index in [1.807, 2.05) is 0 Å². The summed E-state index contributed by atoms with van der Waals surface area (Å²) < 4.78 is 5.30. The molecule has 0 saturated carbocycles. The summed E-state index contributed by atoms with van der Waals surface area (Å²) in [6.45, 7) is 7.38. The molecule has 19 heavy (non-hydrogen) atoms. The number of ether oxygens (including phenoxy) is 1. The maximum absolute atomic E-state index is 11.5. The summed E-state index contributed by atoms with van der Waals surface area (Å²) in [5.74, 6) is -2.13. The fourth-order valence-electron chi connectivity index (χ4n) is 2.03. The second kappa shape index (κ2) is 5.30. The van der Waals surface area contributed by atoms with Gasteiger partial charge in [-0.3, -0.25) is 0 Å². The number of hydrogen-bond donors (Lipinski definition) is 2. The van der Waals surface area contributed by atoms with Gasteiger partial charge in [0.05, 0.1) is 12.2 Å². The molecule has 0 spiro atoms. The molecular formula is C14H18O5. The van der Waals surface area contributed by atoms with Crippen molar-refractivity contribution < 1.29 is 24.5 Å². The predicted molar refractivity (Wildman–Crippen MR) is 70.2 cm³/mol. The van der Waals surface area contributed by atoms with Gasteiger partial charge in [0, 0.05) is 0 Å². The number of aromatic carboxylic acids is 2. The zero-order valence-electron chi connectivity index (χ0n) is 11.5. The molecule has 0 aliphatic heterocycles. The Morgan fingerprint density at radius 2 is 1.74 bits per heavy atom. The highest BCUT2D eigenvalue weighted by Crippen LogP contribution is 2.35. The first-order valence-corrected chi connectivity index (χ1v) is 5.97. The summed E-state index contributed by atoms with van der Waals surface area (Å²) in [6.07, 6.45) is 0. The molecule has 5 heteroatoms. The lowest BCUT2D eigenvalue weighted by molar-refractivity contribution is 0.0688. The molecule has 0 unspecified atom stereocenters. The van der Waals surface area contributed by atoms with Crippen LogP contribution in [0.1, 0.15) is 54.0 Å². The highest BCUT2D eigenvalue weighted by Gasteiger charge is 2.30. The van der Waals surface area contributed by atoms with E-state index in [4.69, 9.17) is 4.74 Å². The van der Waals surface area contributed by atoms with Crippen molar-refractivity contribution in [3.8, 4) is 5.75 Å². The van der Waals surface area contributed by atoms with E-state index in [0.29, 0.717) is 6.61 Å². The van der Waals surface area contributed by atoms with Crippen LogP contribution in [-0.4, -0.2) is 28.8 Å². The third kappa shape index (κ3) is 3.05. The molecule has 1 aromatic rings. The number of hydrogen-bond acceptors (Lipinski definition) is 3. The predicted octanol–water partition coefficient (Wildman–Crippen LogP) is 2.78. The van der Waals surface area contributed by atoms with Gasteiger partial charge in [-0.2, -0.15) is 0 Å². The largest absolute Gasteiger partial charge is 0.493 e. The number of rotatable bonds is 4. The first kappa shape index (κ1) is 15.0. The van der Waals surface area contributed by atoms with Crippen LogP contribution >= 0.6 is 0 Å². The third-order valence-electron chi connectivity index (χ3n) is 2.66. The number of carboxylic acids is 2. The monoisotopic (exact) mass is 266 g/mol. The first-order chi connectivity index (χ1) is 8.70. The molecule has 0 aromatic heterocycles. The lowest BCUT2D eigenvalue weighted by Gasteiger charge is -2.25. The van der Waals surface area contributed by atoms with E-state index >= 15 is 0 Å². The summed E-state index contributed by atoms with van der Waals surface area (Å²) in [6, 6.07) is 2.78. The number of carbonyl (C=O) groups is 2. The van der Waals surface area contributed by atoms with Crippen molar-refractivity contribution in [3.63, 3.8) is 0 Å². The van der Waals surface area contributed by atoms with Gasteiger partial charge in [0.1, 0.15) is 11.3 Å². The Morgan fingerprint density at radius 1 is 1.16 bits per heavy atom. The Balaban J connectivity index is 3.72. The molecule has 0 saturated heterocycles. The van der Waals surface area contributed by atoms with Crippen LogP contribution in [0, 0.1) is 0 Å². The van der Waals surface area contributed by atoms with Crippen LogP contribution in [0.2, 0.25) is 0 Å². The molecule has 104 valence electrons. The molecule has 0 radical (unpaired) electrons. The van der Waals surface area contributed by atoms with Gasteiger partial charge in [-0.1, -0.05) is 20.8 Å². The van der Waals surface area contributed by atoms with Crippen LogP contribution in [-0.2, 0) is 5.41 Å². The smallest absolute Gasteiger partial charge is 0.339 e. The van der Waals surface area contributed by atoms with Crippen molar-refractivity contribution in [1.29, 1.82) is 0 Å². The van der Waals surface area contributed by atoms with E-state index in [9.17, 15) is 19.8 Å². The van der Waals surface area contributed by atoms with Crippen molar-refractivity contribution in [1.82, 2.24) is 0 Å². The van der Waals surface area contributed by atoms with Crippen LogP contribution < -0.4 is 4.74 Å². The molecule has 0 heterocycles. The highest BCUT2D eigenvalue weighted by molar-refractivity contribution is 5.99. The SMILES string of the molecule is CCOc1ccc(C(=O)O)c(C(C)(C)C)c1C(=O)O. The Bertz CT molecular complexity index is 511. The van der Waals surface area contributed by atoms with Crippen LogP contribution in [0.3, 0.4) is 0 Å². The van der Waals surface area contributed by atoms with Gasteiger partial charge in [0.15, 0.2) is 0 Å². The van der Waals surface area contributed by atoms with E-state index in [1.165, 1.54) is 12.1 Å².